The highest BCUT2D eigenvalue weighted by atomic mass is 32.2. The number of H-pyrrole nitrogens is 1. The lowest BCUT2D eigenvalue weighted by Gasteiger charge is -1.96. The van der Waals surface area contributed by atoms with E-state index < -0.39 is 0 Å². The van der Waals surface area contributed by atoms with Gasteiger partial charge in [-0.2, -0.15) is 0 Å². The molecule has 0 saturated carbocycles. The van der Waals surface area contributed by atoms with Crippen molar-refractivity contribution < 1.29 is 0 Å². The standard InChI is InChI=1S/C11H9N5S/c12-9-5-13-6-10(16-9)17-11-14-7-3-1-2-4-8(7)15-11/h1-6H,(H2,12,16)(H,14,15). The molecular weight excluding hydrogens is 234 g/mol. The second-order valence-corrected chi connectivity index (χ2v) is 4.45. The number of nitrogens with zero attached hydrogens (tertiary/aromatic N) is 3. The van der Waals surface area contributed by atoms with E-state index >= 15 is 0 Å². The van der Waals surface area contributed by atoms with Crippen molar-refractivity contribution in [3.05, 3.63) is 36.7 Å². The molecule has 1 aromatic carbocycles. The third-order valence-corrected chi connectivity index (χ3v) is 2.99. The molecule has 0 unspecified atom stereocenters. The maximum absolute atomic E-state index is 5.57. The molecule has 0 atom stereocenters. The van der Waals surface area contributed by atoms with Gasteiger partial charge in [0.15, 0.2) is 5.16 Å². The van der Waals surface area contributed by atoms with E-state index in [1.807, 2.05) is 24.3 Å². The Kier molecular flexibility index (Phi) is 2.41. The lowest BCUT2D eigenvalue weighted by molar-refractivity contribution is 1.03. The maximum Gasteiger partial charge on any atom is 0.172 e. The molecule has 0 spiro atoms. The van der Waals surface area contributed by atoms with Gasteiger partial charge in [-0.05, 0) is 23.9 Å². The molecule has 17 heavy (non-hydrogen) atoms. The van der Waals surface area contributed by atoms with Crippen LogP contribution in [0.2, 0.25) is 0 Å². The SMILES string of the molecule is Nc1cncc(Sc2nc3ccccc3[nH]2)n1. The first kappa shape index (κ1) is 10.1. The zero-order valence-electron chi connectivity index (χ0n) is 8.79. The van der Waals surface area contributed by atoms with Gasteiger partial charge in [0.1, 0.15) is 10.8 Å². The van der Waals surface area contributed by atoms with Gasteiger partial charge in [0.25, 0.3) is 0 Å². The van der Waals surface area contributed by atoms with Crippen LogP contribution in [-0.2, 0) is 0 Å². The van der Waals surface area contributed by atoms with Crippen molar-refractivity contribution in [3.63, 3.8) is 0 Å². The van der Waals surface area contributed by atoms with Gasteiger partial charge in [-0.15, -0.1) is 0 Å². The lowest BCUT2D eigenvalue weighted by Crippen LogP contribution is -1.92. The van der Waals surface area contributed by atoms with E-state index in [9.17, 15) is 0 Å². The highest BCUT2D eigenvalue weighted by molar-refractivity contribution is 7.99. The summed E-state index contributed by atoms with van der Waals surface area (Å²) in [5.41, 5.74) is 7.51. The van der Waals surface area contributed by atoms with Gasteiger partial charge < -0.3 is 10.7 Å². The Hall–Kier alpha value is -2.08. The minimum atomic E-state index is 0.408. The quantitative estimate of drug-likeness (QED) is 0.720. The van der Waals surface area contributed by atoms with Crippen molar-refractivity contribution in [3.8, 4) is 0 Å². The number of fused-ring (bicyclic) bond motifs is 1. The molecule has 0 saturated heterocycles. The number of hydrogen-bond acceptors (Lipinski definition) is 5. The van der Waals surface area contributed by atoms with Crippen LogP contribution in [-0.4, -0.2) is 19.9 Å². The average Bonchev–Trinajstić information content (AvgIpc) is 2.71. The number of nitrogens with one attached hydrogen (secondary N) is 1. The van der Waals surface area contributed by atoms with E-state index in [0.717, 1.165) is 21.2 Å². The van der Waals surface area contributed by atoms with Crippen molar-refractivity contribution in [2.24, 2.45) is 0 Å². The van der Waals surface area contributed by atoms with Gasteiger partial charge in [0, 0.05) is 0 Å². The third kappa shape index (κ3) is 2.07. The molecular formula is C11H9N5S. The van der Waals surface area contributed by atoms with Crippen LogP contribution in [0.15, 0.2) is 46.8 Å². The van der Waals surface area contributed by atoms with Crippen molar-refractivity contribution in [2.75, 3.05) is 5.73 Å². The van der Waals surface area contributed by atoms with E-state index in [1.165, 1.54) is 18.0 Å². The van der Waals surface area contributed by atoms with E-state index in [0.29, 0.717) is 5.82 Å². The van der Waals surface area contributed by atoms with Crippen LogP contribution < -0.4 is 5.73 Å². The van der Waals surface area contributed by atoms with Crippen LogP contribution in [0.3, 0.4) is 0 Å². The van der Waals surface area contributed by atoms with Crippen molar-refractivity contribution in [2.45, 2.75) is 10.2 Å². The summed E-state index contributed by atoms with van der Waals surface area (Å²) in [5.74, 6) is 0.408. The number of rotatable bonds is 2. The van der Waals surface area contributed by atoms with Crippen LogP contribution in [0.5, 0.6) is 0 Å². The zero-order valence-corrected chi connectivity index (χ0v) is 9.61. The predicted molar refractivity (Wildman–Crippen MR) is 66.7 cm³/mol. The van der Waals surface area contributed by atoms with E-state index in [4.69, 9.17) is 5.73 Å². The fraction of sp³-hybridized carbons (Fsp3) is 0. The van der Waals surface area contributed by atoms with E-state index in [1.54, 1.807) is 6.20 Å². The first-order valence-electron chi connectivity index (χ1n) is 5.01. The van der Waals surface area contributed by atoms with Gasteiger partial charge in [0.05, 0.1) is 23.4 Å². The summed E-state index contributed by atoms with van der Waals surface area (Å²) >= 11 is 1.41. The first-order valence-corrected chi connectivity index (χ1v) is 5.83. The van der Waals surface area contributed by atoms with Crippen LogP contribution >= 0.6 is 11.8 Å². The second-order valence-electron chi connectivity index (χ2n) is 3.44. The molecule has 0 fully saturated rings. The summed E-state index contributed by atoms with van der Waals surface area (Å²) in [6.07, 6.45) is 3.18. The van der Waals surface area contributed by atoms with Crippen molar-refractivity contribution in [1.29, 1.82) is 0 Å². The minimum Gasteiger partial charge on any atom is -0.382 e. The van der Waals surface area contributed by atoms with Crippen molar-refractivity contribution >= 4 is 28.6 Å². The van der Waals surface area contributed by atoms with Gasteiger partial charge >= 0.3 is 0 Å². The summed E-state index contributed by atoms with van der Waals surface area (Å²) in [5, 5.41) is 1.51. The summed E-state index contributed by atoms with van der Waals surface area (Å²) in [6, 6.07) is 7.87. The molecule has 0 radical (unpaired) electrons. The van der Waals surface area contributed by atoms with Crippen LogP contribution in [0.25, 0.3) is 11.0 Å². The number of aromatic nitrogens is 4. The second kappa shape index (κ2) is 4.06. The number of hydrogen-bond donors (Lipinski definition) is 2. The predicted octanol–water partition coefficient (Wildman–Crippen LogP) is 2.09. The molecule has 3 N–H and O–H groups in total. The Morgan fingerprint density at radius 1 is 1.12 bits per heavy atom. The third-order valence-electron chi connectivity index (χ3n) is 2.20. The number of nitrogens with two attached hydrogens (primary N) is 1. The normalized spacial score (nSPS) is 10.8. The Morgan fingerprint density at radius 3 is 2.82 bits per heavy atom. The zero-order chi connectivity index (χ0) is 11.7. The van der Waals surface area contributed by atoms with Crippen LogP contribution in [0, 0.1) is 0 Å². The highest BCUT2D eigenvalue weighted by Gasteiger charge is 2.05. The number of benzene rings is 1. The summed E-state index contributed by atoms with van der Waals surface area (Å²) < 4.78 is 0. The molecule has 3 rings (SSSR count). The molecule has 0 bridgehead atoms. The topological polar surface area (TPSA) is 80.5 Å². The number of anilines is 1. The van der Waals surface area contributed by atoms with Gasteiger partial charge in [-0.25, -0.2) is 9.97 Å². The number of para-hydroxylation sites is 2. The van der Waals surface area contributed by atoms with E-state index in [2.05, 4.69) is 19.9 Å². The fourth-order valence-electron chi connectivity index (χ4n) is 1.49. The first-order chi connectivity index (χ1) is 8.31. The smallest absolute Gasteiger partial charge is 0.172 e. The number of aromatic amines is 1. The summed E-state index contributed by atoms with van der Waals surface area (Å²) in [7, 11) is 0. The molecule has 2 aromatic heterocycles. The molecule has 84 valence electrons. The molecule has 0 aliphatic carbocycles. The van der Waals surface area contributed by atoms with Gasteiger partial charge in [0.2, 0.25) is 0 Å². The lowest BCUT2D eigenvalue weighted by atomic mass is 10.3. The largest absolute Gasteiger partial charge is 0.382 e. The Morgan fingerprint density at radius 2 is 2.00 bits per heavy atom. The summed E-state index contributed by atoms with van der Waals surface area (Å²) in [4.78, 5) is 15.8. The molecule has 5 nitrogen and oxygen atoms in total. The van der Waals surface area contributed by atoms with E-state index in [-0.39, 0.29) is 0 Å². The van der Waals surface area contributed by atoms with Crippen molar-refractivity contribution in [1.82, 2.24) is 19.9 Å². The Bertz CT molecular complexity index is 631. The number of imidazole rings is 1. The van der Waals surface area contributed by atoms with Crippen LogP contribution in [0.4, 0.5) is 5.82 Å². The van der Waals surface area contributed by atoms with Crippen LogP contribution in [0.1, 0.15) is 0 Å². The molecule has 0 aliphatic heterocycles. The van der Waals surface area contributed by atoms with Gasteiger partial charge in [-0.1, -0.05) is 12.1 Å². The molecule has 3 aromatic rings. The minimum absolute atomic E-state index is 0.408. The Balaban J connectivity index is 1.94. The molecule has 0 amide bonds. The molecule has 6 heteroatoms. The fourth-order valence-corrected chi connectivity index (χ4v) is 2.26. The maximum atomic E-state index is 5.57. The molecule has 0 aliphatic rings. The van der Waals surface area contributed by atoms with Gasteiger partial charge in [-0.3, -0.25) is 4.98 Å². The summed E-state index contributed by atoms with van der Waals surface area (Å²) in [6.45, 7) is 0. The highest BCUT2D eigenvalue weighted by Crippen LogP contribution is 2.25. The number of nitrogen functional groups attached to an aromatic ring is 1. The monoisotopic (exact) mass is 243 g/mol. The molecule has 2 heterocycles. The average molecular weight is 243 g/mol. The Labute approximate surface area is 102 Å².